The van der Waals surface area contributed by atoms with Gasteiger partial charge in [-0.1, -0.05) is 92.8 Å². The average molecular weight is 933 g/mol. The van der Waals surface area contributed by atoms with E-state index in [0.717, 1.165) is 162 Å². The number of allylic oxidation sites excluding steroid dienone is 2. The highest BCUT2D eigenvalue weighted by atomic mass is 32.1. The lowest BCUT2D eigenvalue weighted by Gasteiger charge is -2.35. The zero-order chi connectivity index (χ0) is 47.6. The van der Waals surface area contributed by atoms with E-state index < -0.39 is 0 Å². The van der Waals surface area contributed by atoms with Gasteiger partial charge in [0.1, 0.15) is 5.82 Å². The summed E-state index contributed by atoms with van der Waals surface area (Å²) in [5.74, 6) is 1.15. The lowest BCUT2D eigenvalue weighted by molar-refractivity contribution is 0.139. The zero-order valence-corrected chi connectivity index (χ0v) is 41.1. The van der Waals surface area contributed by atoms with Crippen molar-refractivity contribution in [3.05, 3.63) is 180 Å². The molecule has 3 aromatic heterocycles. The van der Waals surface area contributed by atoms with E-state index in [1.54, 1.807) is 11.3 Å². The quantitative estimate of drug-likeness (QED) is 0.0820. The number of piperazine rings is 1. The highest BCUT2D eigenvalue weighted by molar-refractivity contribution is 7.22. The molecule has 0 saturated carbocycles. The molecule has 352 valence electrons. The van der Waals surface area contributed by atoms with Crippen LogP contribution < -0.4 is 20.9 Å². The minimum atomic E-state index is 0.183. The van der Waals surface area contributed by atoms with Crippen molar-refractivity contribution in [2.24, 2.45) is 7.05 Å². The molecule has 0 spiro atoms. The highest BCUT2D eigenvalue weighted by Crippen LogP contribution is 2.38. The van der Waals surface area contributed by atoms with Crippen LogP contribution in [-0.4, -0.2) is 75.4 Å². The molecule has 1 unspecified atom stereocenters. The van der Waals surface area contributed by atoms with E-state index in [9.17, 15) is 0 Å². The van der Waals surface area contributed by atoms with Crippen molar-refractivity contribution in [1.82, 2.24) is 34.9 Å². The van der Waals surface area contributed by atoms with Gasteiger partial charge >= 0.3 is 0 Å². The normalized spacial score (nSPS) is 16.7. The molecule has 3 N–H and O–H groups in total. The van der Waals surface area contributed by atoms with Gasteiger partial charge in [0.25, 0.3) is 0 Å². The average Bonchev–Trinajstić information content (AvgIpc) is 3.92. The summed E-state index contributed by atoms with van der Waals surface area (Å²) < 4.78 is 3.14. The van der Waals surface area contributed by atoms with E-state index in [0.29, 0.717) is 0 Å². The van der Waals surface area contributed by atoms with Gasteiger partial charge in [-0.05, 0) is 128 Å². The fourth-order valence-corrected chi connectivity index (χ4v) is 11.5. The second-order valence-electron chi connectivity index (χ2n) is 19.0. The van der Waals surface area contributed by atoms with Crippen LogP contribution in [0.25, 0.3) is 44.0 Å². The topological polar surface area (TPSA) is 89.4 Å². The van der Waals surface area contributed by atoms with E-state index in [2.05, 4.69) is 149 Å². The number of benzene rings is 4. The summed E-state index contributed by atoms with van der Waals surface area (Å²) in [5.41, 5.74) is 17.9. The maximum Gasteiger partial charge on any atom is 0.188 e. The van der Waals surface area contributed by atoms with Crippen molar-refractivity contribution < 1.29 is 0 Å². The van der Waals surface area contributed by atoms with Crippen molar-refractivity contribution in [2.45, 2.75) is 57.9 Å². The molecule has 10 rings (SSSR count). The number of hydrogen-bond acceptors (Lipinski definition) is 10. The van der Waals surface area contributed by atoms with Gasteiger partial charge in [0.05, 0.1) is 27.1 Å². The minimum Gasteiger partial charge on any atom is -0.363 e. The monoisotopic (exact) mass is 933 g/mol. The first-order chi connectivity index (χ1) is 33.6. The van der Waals surface area contributed by atoms with Gasteiger partial charge in [-0.3, -0.25) is 9.58 Å². The highest BCUT2D eigenvalue weighted by Gasteiger charge is 2.27. The van der Waals surface area contributed by atoms with E-state index >= 15 is 0 Å². The Kier molecular flexibility index (Phi) is 13.4. The van der Waals surface area contributed by atoms with Crippen LogP contribution in [0.15, 0.2) is 141 Å². The Hall–Kier alpha value is -6.79. The summed E-state index contributed by atoms with van der Waals surface area (Å²) in [6, 6.07) is 32.5. The van der Waals surface area contributed by atoms with E-state index in [4.69, 9.17) is 15.1 Å². The summed E-state index contributed by atoms with van der Waals surface area (Å²) in [5, 5.41) is 17.4. The van der Waals surface area contributed by atoms with Gasteiger partial charge in [-0.15, -0.1) is 0 Å². The third-order valence-corrected chi connectivity index (χ3v) is 15.3. The minimum absolute atomic E-state index is 0.183. The molecule has 10 nitrogen and oxygen atoms in total. The number of unbranched alkanes of at least 4 members (excludes halogenated alkanes) is 1. The number of thiazole rings is 1. The van der Waals surface area contributed by atoms with Gasteiger partial charge in [-0.2, -0.15) is 5.10 Å². The molecule has 4 aromatic carbocycles. The van der Waals surface area contributed by atoms with Gasteiger partial charge < -0.3 is 25.8 Å². The molecule has 0 radical (unpaired) electrons. The standard InChI is InChI=1S/C58H64N10S/c1-8-52-49(26-27-56(62-52)68-30-28-44-17-14-19-47(51(44)37-68)41(5)61-58-63-53-20-9-10-21-55(53)69-58)46-18-13-16-43(40(46)4)15-11-12-29-66-31-33-67(34-32-66)36-39(3)60-45-23-25-50-54(35-45)65(7)64-57(50)48-24-22-38(2)59-42(48)6/h8-10,13-14,16-21,23,25-27,35,48,59-60H,1-3,5-6,11-12,15,22,24,28-34,36-37H2,4,7H3,(H,61,63). The third kappa shape index (κ3) is 9.90. The second-order valence-corrected chi connectivity index (χ2v) is 20.0. The Morgan fingerprint density at radius 2 is 1.68 bits per heavy atom. The summed E-state index contributed by atoms with van der Waals surface area (Å²) >= 11 is 1.65. The number of anilines is 3. The van der Waals surface area contributed by atoms with Crippen LogP contribution in [0.5, 0.6) is 0 Å². The van der Waals surface area contributed by atoms with E-state index in [-0.39, 0.29) is 5.92 Å². The maximum absolute atomic E-state index is 5.23. The van der Waals surface area contributed by atoms with Crippen LogP contribution in [-0.2, 0) is 26.4 Å². The number of nitrogens with zero attached hydrogens (tertiary/aromatic N) is 7. The Morgan fingerprint density at radius 1 is 0.855 bits per heavy atom. The molecule has 2 saturated heterocycles. The van der Waals surface area contributed by atoms with Crippen LogP contribution in [0.1, 0.15) is 70.8 Å². The third-order valence-electron chi connectivity index (χ3n) is 14.4. The van der Waals surface area contributed by atoms with Crippen LogP contribution in [0, 0.1) is 6.92 Å². The van der Waals surface area contributed by atoms with Crippen molar-refractivity contribution in [3.63, 3.8) is 0 Å². The molecule has 0 amide bonds. The molecule has 2 fully saturated rings. The Morgan fingerprint density at radius 3 is 2.51 bits per heavy atom. The molecule has 7 aromatic rings. The first-order valence-electron chi connectivity index (χ1n) is 24.5. The Bertz CT molecular complexity index is 3080. The lowest BCUT2D eigenvalue weighted by Crippen LogP contribution is -2.47. The molecule has 69 heavy (non-hydrogen) atoms. The maximum atomic E-state index is 5.23. The van der Waals surface area contributed by atoms with Gasteiger partial charge in [0.15, 0.2) is 5.13 Å². The number of rotatable bonds is 16. The molecule has 6 heterocycles. The van der Waals surface area contributed by atoms with Gasteiger partial charge in [-0.25, -0.2) is 9.97 Å². The smallest absolute Gasteiger partial charge is 0.188 e. The largest absolute Gasteiger partial charge is 0.363 e. The molecule has 3 aliphatic heterocycles. The van der Waals surface area contributed by atoms with Crippen LogP contribution >= 0.6 is 11.3 Å². The molecule has 0 aliphatic carbocycles. The summed E-state index contributed by atoms with van der Waals surface area (Å²) in [4.78, 5) is 17.5. The fourth-order valence-electron chi connectivity index (χ4n) is 10.6. The number of piperidine rings is 1. The van der Waals surface area contributed by atoms with Crippen molar-refractivity contribution >= 4 is 60.9 Å². The van der Waals surface area contributed by atoms with Gasteiger partial charge in [0.2, 0.25) is 0 Å². The summed E-state index contributed by atoms with van der Waals surface area (Å²) in [7, 11) is 2.02. The SMILES string of the molecule is C=Cc1nc(N2CCc3cccc(C(=C)Nc4nc5ccccc5s4)c3C2)ccc1-c1cccc(CCCCN2CCN(CC(=C)Nc3ccc4c(C5CCC(=C)NC5=C)nn(C)c4c3)CC2)c1C. The number of hydrogen-bond donors (Lipinski definition) is 3. The summed E-state index contributed by atoms with van der Waals surface area (Å²) in [6.07, 6.45) is 8.15. The Balaban J connectivity index is 0.699. The number of para-hydroxylation sites is 1. The van der Waals surface area contributed by atoms with Crippen LogP contribution in [0.2, 0.25) is 0 Å². The Labute approximate surface area is 411 Å². The van der Waals surface area contributed by atoms with Crippen molar-refractivity contribution in [3.8, 4) is 11.1 Å². The molecule has 0 bridgehead atoms. The van der Waals surface area contributed by atoms with Gasteiger partial charge in [0, 0.05) is 104 Å². The number of aromatic nitrogens is 4. The summed E-state index contributed by atoms with van der Waals surface area (Å²) in [6.45, 7) is 31.6. The van der Waals surface area contributed by atoms with Crippen LogP contribution in [0.4, 0.5) is 16.6 Å². The van der Waals surface area contributed by atoms with Crippen molar-refractivity contribution in [2.75, 3.05) is 61.3 Å². The zero-order valence-electron chi connectivity index (χ0n) is 40.3. The molecule has 11 heteroatoms. The predicted octanol–water partition coefficient (Wildman–Crippen LogP) is 11.9. The lowest BCUT2D eigenvalue weighted by atomic mass is 9.90. The van der Waals surface area contributed by atoms with Crippen molar-refractivity contribution in [1.29, 1.82) is 0 Å². The van der Waals surface area contributed by atoms with Crippen LogP contribution in [0.3, 0.4) is 0 Å². The van der Waals surface area contributed by atoms with E-state index in [1.165, 1.54) is 39.6 Å². The number of fused-ring (bicyclic) bond motifs is 3. The van der Waals surface area contributed by atoms with E-state index in [1.807, 2.05) is 29.9 Å². The predicted molar refractivity (Wildman–Crippen MR) is 291 cm³/mol. The number of nitrogens with one attached hydrogen (secondary N) is 3. The number of aryl methyl sites for hydroxylation is 2. The molecule has 1 atom stereocenters. The molecular weight excluding hydrogens is 869 g/mol. The first-order valence-corrected chi connectivity index (χ1v) is 25.3. The number of pyridine rings is 1. The molecule has 3 aliphatic rings. The second kappa shape index (κ2) is 20.0. The molecular formula is C58H64N10S. The fraction of sp³-hybridized carbons (Fsp3) is 0.293. The first kappa shape index (κ1) is 46.0.